The minimum absolute atomic E-state index is 0. The van der Waals surface area contributed by atoms with Gasteiger partial charge in [-0.2, -0.15) is 5.10 Å². The van der Waals surface area contributed by atoms with Gasteiger partial charge >= 0.3 is 0 Å². The standard InChI is InChI=1S/C15H16ClN5O.2ClH/c1-20(15(22)10-4-5-11(17)7-10)13-9-21(19-14(13)16)12-3-2-6-18-8-12;;/h2-6,8-11H,7,17H2,1H3;2*1H/t10-,11+;;/m0../s1. The first-order chi connectivity index (χ1) is 10.6. The number of rotatable bonds is 3. The Labute approximate surface area is 157 Å². The molecule has 2 aromatic rings. The lowest BCUT2D eigenvalue weighted by Gasteiger charge is -2.19. The van der Waals surface area contributed by atoms with E-state index in [0.717, 1.165) is 5.69 Å². The highest BCUT2D eigenvalue weighted by atomic mass is 35.5. The van der Waals surface area contributed by atoms with Crippen molar-refractivity contribution < 1.29 is 4.79 Å². The summed E-state index contributed by atoms with van der Waals surface area (Å²) < 4.78 is 1.60. The molecule has 1 aliphatic carbocycles. The van der Waals surface area contributed by atoms with Crippen molar-refractivity contribution in [1.82, 2.24) is 14.8 Å². The normalized spacial score (nSPS) is 18.6. The van der Waals surface area contributed by atoms with Crippen LogP contribution in [0.5, 0.6) is 0 Å². The van der Waals surface area contributed by atoms with Gasteiger partial charge in [-0.15, -0.1) is 24.8 Å². The Morgan fingerprint density at radius 2 is 2.17 bits per heavy atom. The van der Waals surface area contributed by atoms with Crippen LogP contribution in [0.3, 0.4) is 0 Å². The maximum Gasteiger partial charge on any atom is 0.233 e. The SMILES string of the molecule is CN(C(=O)[C@H]1C=C[C@@H](N)C1)c1cn(-c2cccnc2)nc1Cl.Cl.Cl. The molecule has 1 amide bonds. The van der Waals surface area contributed by atoms with Crippen molar-refractivity contribution in [1.29, 1.82) is 0 Å². The molecule has 0 saturated heterocycles. The molecule has 0 unspecified atom stereocenters. The molecule has 2 N–H and O–H groups in total. The molecule has 0 fully saturated rings. The summed E-state index contributed by atoms with van der Waals surface area (Å²) in [7, 11) is 1.69. The van der Waals surface area contributed by atoms with Gasteiger partial charge in [-0.3, -0.25) is 9.78 Å². The predicted molar refractivity (Wildman–Crippen MR) is 99.5 cm³/mol. The van der Waals surface area contributed by atoms with E-state index in [1.807, 2.05) is 24.3 Å². The molecule has 6 nitrogen and oxygen atoms in total. The number of carbonyl (C=O) groups is 1. The van der Waals surface area contributed by atoms with Crippen LogP contribution in [-0.2, 0) is 4.79 Å². The molecule has 0 spiro atoms. The molecule has 0 radical (unpaired) electrons. The summed E-state index contributed by atoms with van der Waals surface area (Å²) in [5, 5.41) is 4.50. The molecule has 2 aromatic heterocycles. The van der Waals surface area contributed by atoms with Crippen LogP contribution in [0.1, 0.15) is 6.42 Å². The Bertz CT molecular complexity index is 719. The zero-order valence-electron chi connectivity index (χ0n) is 12.9. The van der Waals surface area contributed by atoms with Crippen LogP contribution in [0.25, 0.3) is 5.69 Å². The van der Waals surface area contributed by atoms with Crippen LogP contribution in [0, 0.1) is 5.92 Å². The van der Waals surface area contributed by atoms with Crippen molar-refractivity contribution >= 4 is 48.0 Å². The summed E-state index contributed by atoms with van der Waals surface area (Å²) in [4.78, 5) is 18.1. The number of halogens is 3. The maximum absolute atomic E-state index is 12.5. The van der Waals surface area contributed by atoms with Crippen LogP contribution in [0.4, 0.5) is 5.69 Å². The van der Waals surface area contributed by atoms with Crippen molar-refractivity contribution in [3.05, 3.63) is 48.0 Å². The third-order valence-electron chi connectivity index (χ3n) is 3.69. The Balaban J connectivity index is 0.00000144. The number of nitrogens with zero attached hydrogens (tertiary/aromatic N) is 4. The largest absolute Gasteiger partial charge is 0.324 e. The Morgan fingerprint density at radius 1 is 1.42 bits per heavy atom. The lowest BCUT2D eigenvalue weighted by molar-refractivity contribution is -0.120. The average Bonchev–Trinajstić information content (AvgIpc) is 3.13. The zero-order chi connectivity index (χ0) is 15.7. The summed E-state index contributed by atoms with van der Waals surface area (Å²) in [6, 6.07) is 3.61. The predicted octanol–water partition coefficient (Wildman–Crippen LogP) is 2.63. The van der Waals surface area contributed by atoms with Gasteiger partial charge in [0.25, 0.3) is 0 Å². The van der Waals surface area contributed by atoms with Gasteiger partial charge in [-0.05, 0) is 18.6 Å². The average molecular weight is 391 g/mol. The highest BCUT2D eigenvalue weighted by Gasteiger charge is 2.28. The fourth-order valence-electron chi connectivity index (χ4n) is 2.47. The molecule has 9 heteroatoms. The number of nitrogens with two attached hydrogens (primary N) is 1. The van der Waals surface area contributed by atoms with Crippen LogP contribution in [0.2, 0.25) is 5.15 Å². The van der Waals surface area contributed by atoms with E-state index in [4.69, 9.17) is 17.3 Å². The molecule has 0 aromatic carbocycles. The van der Waals surface area contributed by atoms with E-state index in [1.54, 1.807) is 30.3 Å². The lowest BCUT2D eigenvalue weighted by Crippen LogP contribution is -2.32. The van der Waals surface area contributed by atoms with Gasteiger partial charge in [0.15, 0.2) is 5.15 Å². The summed E-state index contributed by atoms with van der Waals surface area (Å²) in [6.45, 7) is 0. The number of pyridine rings is 1. The van der Waals surface area contributed by atoms with Crippen LogP contribution >= 0.6 is 36.4 Å². The summed E-state index contributed by atoms with van der Waals surface area (Å²) in [5.74, 6) is -0.255. The van der Waals surface area contributed by atoms with Gasteiger partial charge in [-0.1, -0.05) is 23.8 Å². The third-order valence-corrected chi connectivity index (χ3v) is 3.96. The van der Waals surface area contributed by atoms with Gasteiger partial charge in [0, 0.05) is 19.3 Å². The van der Waals surface area contributed by atoms with Gasteiger partial charge in [0.1, 0.15) is 5.69 Å². The van der Waals surface area contributed by atoms with E-state index < -0.39 is 0 Å². The molecule has 2 atom stereocenters. The van der Waals surface area contributed by atoms with Crippen molar-refractivity contribution in [2.24, 2.45) is 11.7 Å². The van der Waals surface area contributed by atoms with E-state index in [9.17, 15) is 4.79 Å². The highest BCUT2D eigenvalue weighted by molar-refractivity contribution is 6.32. The molecule has 0 saturated carbocycles. The Hall–Kier alpha value is -1.60. The van der Waals surface area contributed by atoms with E-state index in [2.05, 4.69) is 10.1 Å². The number of amides is 1. The first kappa shape index (κ1) is 20.4. The fraction of sp³-hybridized carbons (Fsp3) is 0.267. The topological polar surface area (TPSA) is 77.0 Å². The number of hydrogen-bond donors (Lipinski definition) is 1. The monoisotopic (exact) mass is 389 g/mol. The van der Waals surface area contributed by atoms with E-state index >= 15 is 0 Å². The second-order valence-electron chi connectivity index (χ2n) is 5.25. The quantitative estimate of drug-likeness (QED) is 0.817. The summed E-state index contributed by atoms with van der Waals surface area (Å²) >= 11 is 6.18. The van der Waals surface area contributed by atoms with E-state index in [0.29, 0.717) is 12.1 Å². The van der Waals surface area contributed by atoms with Crippen molar-refractivity contribution in [2.45, 2.75) is 12.5 Å². The minimum atomic E-state index is -0.210. The van der Waals surface area contributed by atoms with Crippen molar-refractivity contribution in [3.63, 3.8) is 0 Å². The maximum atomic E-state index is 12.5. The molecule has 130 valence electrons. The van der Waals surface area contributed by atoms with Crippen molar-refractivity contribution in [3.8, 4) is 5.69 Å². The van der Waals surface area contributed by atoms with Crippen LogP contribution < -0.4 is 10.6 Å². The molecule has 3 rings (SSSR count). The lowest BCUT2D eigenvalue weighted by atomic mass is 10.1. The number of hydrogen-bond acceptors (Lipinski definition) is 4. The van der Waals surface area contributed by atoms with E-state index in [1.165, 1.54) is 4.90 Å². The molecule has 0 bridgehead atoms. The van der Waals surface area contributed by atoms with Crippen molar-refractivity contribution in [2.75, 3.05) is 11.9 Å². The molecular weight excluding hydrogens is 373 g/mol. The number of anilines is 1. The van der Waals surface area contributed by atoms with Gasteiger partial charge in [0.2, 0.25) is 5.91 Å². The van der Waals surface area contributed by atoms with E-state index in [-0.39, 0.29) is 47.8 Å². The zero-order valence-corrected chi connectivity index (χ0v) is 15.3. The number of carbonyl (C=O) groups excluding carboxylic acids is 1. The molecule has 1 aliphatic rings. The minimum Gasteiger partial charge on any atom is -0.324 e. The van der Waals surface area contributed by atoms with Gasteiger partial charge < -0.3 is 10.6 Å². The number of aromatic nitrogens is 3. The second-order valence-corrected chi connectivity index (χ2v) is 5.61. The third kappa shape index (κ3) is 4.08. The van der Waals surface area contributed by atoms with Crippen LogP contribution in [0.15, 0.2) is 42.9 Å². The molecule has 24 heavy (non-hydrogen) atoms. The first-order valence-electron chi connectivity index (χ1n) is 6.93. The second kappa shape index (κ2) is 8.48. The Morgan fingerprint density at radius 3 is 2.75 bits per heavy atom. The molecule has 2 heterocycles. The summed E-state index contributed by atoms with van der Waals surface area (Å²) in [5.41, 5.74) is 7.14. The van der Waals surface area contributed by atoms with Gasteiger partial charge in [0.05, 0.1) is 24.0 Å². The first-order valence-corrected chi connectivity index (χ1v) is 7.31. The Kier molecular flexibility index (Phi) is 7.23. The van der Waals surface area contributed by atoms with Gasteiger partial charge in [-0.25, -0.2) is 4.68 Å². The highest BCUT2D eigenvalue weighted by Crippen LogP contribution is 2.28. The van der Waals surface area contributed by atoms with Crippen LogP contribution in [-0.4, -0.2) is 33.8 Å². The smallest absolute Gasteiger partial charge is 0.233 e. The molecule has 0 aliphatic heterocycles. The summed E-state index contributed by atoms with van der Waals surface area (Å²) in [6.07, 6.45) is 9.40. The fourth-order valence-corrected chi connectivity index (χ4v) is 2.73. The molecular formula is C15H18Cl3N5O.